The maximum absolute atomic E-state index is 11.8. The van der Waals surface area contributed by atoms with Gasteiger partial charge in [-0.1, -0.05) is 18.7 Å². The molecule has 0 aromatic heterocycles. The van der Waals surface area contributed by atoms with E-state index in [0.717, 1.165) is 11.8 Å². The maximum atomic E-state index is 11.8. The van der Waals surface area contributed by atoms with Crippen molar-refractivity contribution in [3.8, 4) is 0 Å². The summed E-state index contributed by atoms with van der Waals surface area (Å²) in [6.45, 7) is 4.80. The van der Waals surface area contributed by atoms with E-state index in [9.17, 15) is 24.5 Å². The first-order chi connectivity index (χ1) is 10.3. The Kier molecular flexibility index (Phi) is 9.92. The van der Waals surface area contributed by atoms with E-state index in [4.69, 9.17) is 4.74 Å². The van der Waals surface area contributed by atoms with Gasteiger partial charge in [0, 0.05) is 12.2 Å². The van der Waals surface area contributed by atoms with E-state index in [-0.39, 0.29) is 23.9 Å². The van der Waals surface area contributed by atoms with Crippen molar-refractivity contribution in [3.05, 3.63) is 10.1 Å². The molecular formula is C12H20N2O7S. The molecule has 0 heterocycles. The van der Waals surface area contributed by atoms with Gasteiger partial charge in [0.15, 0.2) is 5.12 Å². The molecule has 22 heavy (non-hydrogen) atoms. The zero-order valence-electron chi connectivity index (χ0n) is 12.7. The van der Waals surface area contributed by atoms with E-state index in [1.165, 1.54) is 6.92 Å². The van der Waals surface area contributed by atoms with Gasteiger partial charge in [0.2, 0.25) is 5.91 Å². The van der Waals surface area contributed by atoms with Gasteiger partial charge in [0.25, 0.3) is 5.09 Å². The average Bonchev–Trinajstić information content (AvgIpc) is 2.41. The fourth-order valence-corrected chi connectivity index (χ4v) is 2.16. The van der Waals surface area contributed by atoms with Crippen LogP contribution in [-0.2, 0) is 24.0 Å². The van der Waals surface area contributed by atoms with Gasteiger partial charge in [0.1, 0.15) is 12.1 Å². The van der Waals surface area contributed by atoms with Crippen LogP contribution in [0.2, 0.25) is 0 Å². The van der Waals surface area contributed by atoms with Gasteiger partial charge in [-0.05, 0) is 13.8 Å². The molecule has 0 radical (unpaired) electrons. The van der Waals surface area contributed by atoms with Crippen LogP contribution in [0.15, 0.2) is 0 Å². The molecule has 0 aliphatic carbocycles. The topological polar surface area (TPSA) is 125 Å². The molecule has 0 spiro atoms. The van der Waals surface area contributed by atoms with Crippen molar-refractivity contribution < 1.29 is 29.0 Å². The van der Waals surface area contributed by atoms with Crippen molar-refractivity contribution >= 4 is 28.8 Å². The summed E-state index contributed by atoms with van der Waals surface area (Å²) in [7, 11) is 0. The Balaban J connectivity index is 4.54. The molecule has 0 bridgehead atoms. The van der Waals surface area contributed by atoms with Crippen LogP contribution in [0.25, 0.3) is 0 Å². The standard InChI is InChI=1S/C12H20N2O7S/c1-4-11(16)22-7-9(12(17)20-5-2)13-10(15)6-8(3)21-14(18)19/h8-9H,4-7H2,1-3H3,(H,13,15). The number of ether oxygens (including phenoxy) is 1. The molecule has 0 saturated heterocycles. The molecule has 0 saturated carbocycles. The molecule has 0 aromatic carbocycles. The summed E-state index contributed by atoms with van der Waals surface area (Å²) in [4.78, 5) is 49.1. The van der Waals surface area contributed by atoms with Crippen LogP contribution in [0.1, 0.15) is 33.6 Å². The molecule has 10 heteroatoms. The van der Waals surface area contributed by atoms with E-state index in [1.807, 2.05) is 0 Å². The predicted molar refractivity (Wildman–Crippen MR) is 78.5 cm³/mol. The lowest BCUT2D eigenvalue weighted by atomic mass is 10.2. The number of amides is 1. The number of nitrogens with one attached hydrogen (secondary N) is 1. The number of hydrogen-bond donors (Lipinski definition) is 1. The van der Waals surface area contributed by atoms with Crippen molar-refractivity contribution in [2.45, 2.75) is 45.8 Å². The third-order valence-corrected chi connectivity index (χ3v) is 3.46. The Labute approximate surface area is 132 Å². The number of esters is 1. The zero-order valence-corrected chi connectivity index (χ0v) is 13.5. The molecule has 9 nitrogen and oxygen atoms in total. The fraction of sp³-hybridized carbons (Fsp3) is 0.750. The lowest BCUT2D eigenvalue weighted by Crippen LogP contribution is -2.44. The number of hydrogen-bond acceptors (Lipinski definition) is 8. The van der Waals surface area contributed by atoms with Crippen LogP contribution < -0.4 is 5.32 Å². The Morgan fingerprint density at radius 2 is 1.95 bits per heavy atom. The number of rotatable bonds is 10. The smallest absolute Gasteiger partial charge is 0.329 e. The third-order valence-electron chi connectivity index (χ3n) is 2.34. The summed E-state index contributed by atoms with van der Waals surface area (Å²) < 4.78 is 4.82. The summed E-state index contributed by atoms with van der Waals surface area (Å²) in [6.07, 6.45) is -0.923. The first-order valence-corrected chi connectivity index (χ1v) is 7.71. The number of thioether (sulfide) groups is 1. The van der Waals surface area contributed by atoms with Gasteiger partial charge in [-0.25, -0.2) is 4.79 Å². The van der Waals surface area contributed by atoms with Gasteiger partial charge in [-0.3, -0.25) is 9.59 Å². The van der Waals surface area contributed by atoms with Crippen molar-refractivity contribution in [1.82, 2.24) is 5.32 Å². The van der Waals surface area contributed by atoms with E-state index in [1.54, 1.807) is 13.8 Å². The van der Waals surface area contributed by atoms with Crippen molar-refractivity contribution in [1.29, 1.82) is 0 Å². The highest BCUT2D eigenvalue weighted by Gasteiger charge is 2.24. The number of nitrogens with zero attached hydrogens (tertiary/aromatic N) is 1. The molecule has 0 aromatic rings. The van der Waals surface area contributed by atoms with Crippen LogP contribution in [0.5, 0.6) is 0 Å². The second-order valence-electron chi connectivity index (χ2n) is 4.25. The highest BCUT2D eigenvalue weighted by atomic mass is 32.2. The molecule has 126 valence electrons. The molecule has 0 aliphatic rings. The maximum Gasteiger partial charge on any atom is 0.329 e. The summed E-state index contributed by atoms with van der Waals surface area (Å²) >= 11 is 0.916. The molecule has 1 amide bonds. The minimum Gasteiger partial charge on any atom is -0.464 e. The van der Waals surface area contributed by atoms with Crippen LogP contribution in [0, 0.1) is 10.1 Å². The Bertz CT molecular complexity index is 416. The first-order valence-electron chi connectivity index (χ1n) is 6.72. The van der Waals surface area contributed by atoms with Crippen molar-refractivity contribution in [2.75, 3.05) is 12.4 Å². The molecule has 2 unspecified atom stereocenters. The monoisotopic (exact) mass is 336 g/mol. The molecule has 0 rings (SSSR count). The van der Waals surface area contributed by atoms with Crippen LogP contribution >= 0.6 is 11.8 Å². The lowest BCUT2D eigenvalue weighted by Gasteiger charge is -2.17. The lowest BCUT2D eigenvalue weighted by molar-refractivity contribution is -0.767. The molecular weight excluding hydrogens is 316 g/mol. The predicted octanol–water partition coefficient (Wildman–Crippen LogP) is 0.691. The van der Waals surface area contributed by atoms with Crippen LogP contribution in [0.4, 0.5) is 0 Å². The summed E-state index contributed by atoms with van der Waals surface area (Å²) in [5.74, 6) is -1.21. The van der Waals surface area contributed by atoms with Gasteiger partial charge in [-0.2, -0.15) is 0 Å². The Hall–Kier alpha value is -1.84. The summed E-state index contributed by atoms with van der Waals surface area (Å²) in [5, 5.41) is 11.4. The highest BCUT2D eigenvalue weighted by molar-refractivity contribution is 8.13. The normalized spacial score (nSPS) is 12.9. The minimum atomic E-state index is -0.990. The quantitative estimate of drug-likeness (QED) is 0.351. The number of carbonyl (C=O) groups excluding carboxylic acids is 3. The Morgan fingerprint density at radius 1 is 1.32 bits per heavy atom. The average molecular weight is 336 g/mol. The van der Waals surface area contributed by atoms with E-state index in [2.05, 4.69) is 10.2 Å². The van der Waals surface area contributed by atoms with Gasteiger partial charge < -0.3 is 14.9 Å². The van der Waals surface area contributed by atoms with Crippen molar-refractivity contribution in [2.24, 2.45) is 0 Å². The van der Waals surface area contributed by atoms with Gasteiger partial charge in [-0.15, -0.1) is 10.1 Å². The highest BCUT2D eigenvalue weighted by Crippen LogP contribution is 2.09. The third kappa shape index (κ3) is 9.16. The van der Waals surface area contributed by atoms with Crippen LogP contribution in [0.3, 0.4) is 0 Å². The largest absolute Gasteiger partial charge is 0.464 e. The number of carbonyl (C=O) groups is 3. The second-order valence-corrected chi connectivity index (χ2v) is 5.33. The fourth-order valence-electron chi connectivity index (χ4n) is 1.39. The molecule has 2 atom stereocenters. The molecule has 1 N–H and O–H groups in total. The van der Waals surface area contributed by atoms with Crippen molar-refractivity contribution in [3.63, 3.8) is 0 Å². The summed E-state index contributed by atoms with van der Waals surface area (Å²) in [6, 6.07) is -0.990. The van der Waals surface area contributed by atoms with Crippen LogP contribution in [-0.4, -0.2) is 46.6 Å². The SMILES string of the molecule is CCOC(=O)C(CSC(=O)CC)NC(=O)CC(C)O[N+](=O)[O-]. The summed E-state index contributed by atoms with van der Waals surface area (Å²) in [5.41, 5.74) is 0. The first kappa shape index (κ1) is 20.2. The minimum absolute atomic E-state index is 0.0434. The Morgan fingerprint density at radius 3 is 2.45 bits per heavy atom. The molecule has 0 aliphatic heterocycles. The second kappa shape index (κ2) is 10.8. The van der Waals surface area contributed by atoms with Gasteiger partial charge in [0.05, 0.1) is 13.0 Å². The van der Waals surface area contributed by atoms with E-state index >= 15 is 0 Å². The van der Waals surface area contributed by atoms with Gasteiger partial charge >= 0.3 is 5.97 Å². The van der Waals surface area contributed by atoms with E-state index < -0.39 is 29.1 Å². The zero-order chi connectivity index (χ0) is 17.1. The molecule has 0 fully saturated rings. The van der Waals surface area contributed by atoms with E-state index in [0.29, 0.717) is 6.42 Å².